The van der Waals surface area contributed by atoms with E-state index in [-0.39, 0.29) is 6.04 Å². The molecule has 0 aliphatic carbocycles. The molecule has 0 spiro atoms. The zero-order valence-electron chi connectivity index (χ0n) is 16.6. The highest BCUT2D eigenvalue weighted by Gasteiger charge is 2.30. The molecule has 1 aliphatic heterocycles. The number of aliphatic imine (C=N–C) groups is 1. The lowest BCUT2D eigenvalue weighted by Crippen LogP contribution is -2.06. The third-order valence-corrected chi connectivity index (χ3v) is 6.81. The molecule has 0 radical (unpaired) electrons. The first kappa shape index (κ1) is 19.7. The second kappa shape index (κ2) is 8.09. The van der Waals surface area contributed by atoms with Gasteiger partial charge in [-0.3, -0.25) is 4.99 Å². The molecule has 4 aromatic rings. The topological polar surface area (TPSA) is 25.2 Å². The zero-order valence-corrected chi connectivity index (χ0v) is 19.7. The lowest BCUT2D eigenvalue weighted by atomic mass is 9.93. The number of para-hydroxylation sites is 1. The van der Waals surface area contributed by atoms with Crippen molar-refractivity contribution in [3.63, 3.8) is 0 Å². The maximum Gasteiger partial charge on any atom is 0.0937 e. The fourth-order valence-electron chi connectivity index (χ4n) is 4.20. The summed E-state index contributed by atoms with van der Waals surface area (Å²) in [6, 6.07) is 25.5. The van der Waals surface area contributed by atoms with Gasteiger partial charge >= 0.3 is 0 Å². The van der Waals surface area contributed by atoms with E-state index in [1.54, 1.807) is 0 Å². The summed E-state index contributed by atoms with van der Waals surface area (Å²) in [7, 11) is 0. The van der Waals surface area contributed by atoms with Crippen molar-refractivity contribution in [3.05, 3.63) is 110 Å². The second-order valence-electron chi connectivity index (χ2n) is 7.68. The van der Waals surface area contributed by atoms with Gasteiger partial charge in [-0.1, -0.05) is 74.3 Å². The van der Waals surface area contributed by atoms with Crippen LogP contribution in [0.2, 0.25) is 0 Å². The molecule has 0 saturated heterocycles. The molecule has 1 unspecified atom stereocenters. The van der Waals surface area contributed by atoms with E-state index in [4.69, 9.17) is 9.98 Å². The van der Waals surface area contributed by atoms with Crippen LogP contribution in [0.15, 0.2) is 86.7 Å². The molecule has 4 heteroatoms. The predicted molar refractivity (Wildman–Crippen MR) is 131 cm³/mol. The van der Waals surface area contributed by atoms with E-state index >= 15 is 0 Å². The van der Waals surface area contributed by atoms with Crippen LogP contribution in [0.3, 0.4) is 0 Å². The lowest BCUT2D eigenvalue weighted by molar-refractivity contribution is 0.650. The van der Waals surface area contributed by atoms with Gasteiger partial charge < -0.3 is 0 Å². The second-order valence-corrected chi connectivity index (χ2v) is 9.51. The minimum Gasteiger partial charge on any atom is -0.274 e. The van der Waals surface area contributed by atoms with Crippen LogP contribution in [-0.2, 0) is 6.42 Å². The fourth-order valence-corrected chi connectivity index (χ4v) is 4.73. The minimum absolute atomic E-state index is 0.0746. The van der Waals surface area contributed by atoms with Gasteiger partial charge in [0.25, 0.3) is 0 Å². The van der Waals surface area contributed by atoms with Gasteiger partial charge in [-0.25, -0.2) is 4.98 Å². The predicted octanol–water partition coefficient (Wildman–Crippen LogP) is 7.59. The van der Waals surface area contributed by atoms with Crippen molar-refractivity contribution in [1.29, 1.82) is 0 Å². The summed E-state index contributed by atoms with van der Waals surface area (Å²) >= 11 is 7.06. The first-order valence-electron chi connectivity index (χ1n) is 10.1. The molecule has 1 atom stereocenters. The Kier molecular flexibility index (Phi) is 5.30. The van der Waals surface area contributed by atoms with Crippen molar-refractivity contribution in [2.45, 2.75) is 25.8 Å². The molecule has 148 valence electrons. The molecule has 0 N–H and O–H groups in total. The molecule has 5 rings (SSSR count). The molecule has 2 nitrogen and oxygen atoms in total. The smallest absolute Gasteiger partial charge is 0.0937 e. The van der Waals surface area contributed by atoms with Crippen LogP contribution in [0.5, 0.6) is 0 Å². The summed E-state index contributed by atoms with van der Waals surface area (Å²) in [4.78, 5) is 10.3. The van der Waals surface area contributed by atoms with Crippen LogP contribution in [-0.4, -0.2) is 10.7 Å². The highest BCUT2D eigenvalue weighted by molar-refractivity contribution is 9.10. The van der Waals surface area contributed by atoms with Gasteiger partial charge in [0.05, 0.1) is 23.0 Å². The number of halogens is 2. The Labute approximate surface area is 193 Å². The van der Waals surface area contributed by atoms with Crippen molar-refractivity contribution in [2.75, 3.05) is 0 Å². The van der Waals surface area contributed by atoms with Crippen molar-refractivity contribution in [1.82, 2.24) is 4.98 Å². The number of pyridine rings is 1. The van der Waals surface area contributed by atoms with Crippen LogP contribution >= 0.6 is 31.9 Å². The van der Waals surface area contributed by atoms with Gasteiger partial charge in [-0.05, 0) is 61.2 Å². The number of hydrogen-bond acceptors (Lipinski definition) is 2. The van der Waals surface area contributed by atoms with Gasteiger partial charge in [0, 0.05) is 25.5 Å². The van der Waals surface area contributed by atoms with Crippen molar-refractivity contribution >= 4 is 48.5 Å². The molecule has 30 heavy (non-hydrogen) atoms. The van der Waals surface area contributed by atoms with E-state index in [0.717, 1.165) is 44.3 Å². The Balaban J connectivity index is 1.59. The average molecular weight is 520 g/mol. The van der Waals surface area contributed by atoms with Gasteiger partial charge in [0.2, 0.25) is 0 Å². The number of benzene rings is 3. The molecule has 3 aromatic carbocycles. The Hall–Kier alpha value is -2.30. The third kappa shape index (κ3) is 3.63. The van der Waals surface area contributed by atoms with Crippen molar-refractivity contribution in [3.8, 4) is 0 Å². The van der Waals surface area contributed by atoms with Gasteiger partial charge in [0.1, 0.15) is 0 Å². The third-order valence-electron chi connectivity index (χ3n) is 5.75. The minimum atomic E-state index is 0.0746. The summed E-state index contributed by atoms with van der Waals surface area (Å²) in [6.07, 6.45) is 1.92. The molecule has 0 saturated carbocycles. The zero-order chi connectivity index (χ0) is 20.7. The first-order chi connectivity index (χ1) is 14.6. The van der Waals surface area contributed by atoms with Crippen LogP contribution in [0.25, 0.3) is 10.9 Å². The first-order valence-corrected chi connectivity index (χ1v) is 11.7. The SMILES string of the molecule is Cc1c2c(nc3ccccc13)C(CCc1ccc(Br)cc1)N=C2c1ccc(Br)cc1. The van der Waals surface area contributed by atoms with E-state index in [1.807, 2.05) is 0 Å². The lowest BCUT2D eigenvalue weighted by Gasteiger charge is -2.13. The van der Waals surface area contributed by atoms with Gasteiger partial charge in [-0.15, -0.1) is 0 Å². The number of fused-ring (bicyclic) bond motifs is 2. The van der Waals surface area contributed by atoms with Gasteiger partial charge in [0.15, 0.2) is 0 Å². The standard InChI is InChI=1S/C26H20Br2N2/c1-16-21-4-2-3-5-22(21)29-26-23(15-8-17-6-11-19(27)12-7-17)30-25(24(16)26)18-9-13-20(28)14-10-18/h2-7,9-14,23H,8,15H2,1H3. The molecular weight excluding hydrogens is 500 g/mol. The molecule has 1 aromatic heterocycles. The van der Waals surface area contributed by atoms with Crippen molar-refractivity contribution in [2.24, 2.45) is 4.99 Å². The number of nitrogens with zero attached hydrogens (tertiary/aromatic N) is 2. The largest absolute Gasteiger partial charge is 0.274 e. The number of aryl methyl sites for hydroxylation is 2. The maximum absolute atomic E-state index is 5.20. The molecule has 0 amide bonds. The van der Waals surface area contributed by atoms with E-state index in [0.29, 0.717) is 0 Å². The quantitative estimate of drug-likeness (QED) is 0.272. The van der Waals surface area contributed by atoms with Crippen molar-refractivity contribution < 1.29 is 0 Å². The Morgan fingerprint density at radius 3 is 2.23 bits per heavy atom. The maximum atomic E-state index is 5.20. The monoisotopic (exact) mass is 518 g/mol. The average Bonchev–Trinajstić information content (AvgIpc) is 3.13. The summed E-state index contributed by atoms with van der Waals surface area (Å²) < 4.78 is 2.18. The molecular formula is C26H20Br2N2. The van der Waals surface area contributed by atoms with E-state index < -0.39 is 0 Å². The summed E-state index contributed by atoms with van der Waals surface area (Å²) in [6.45, 7) is 2.20. The highest BCUT2D eigenvalue weighted by Crippen LogP contribution is 2.38. The van der Waals surface area contributed by atoms with Crippen LogP contribution in [0.1, 0.15) is 40.4 Å². The number of rotatable bonds is 4. The number of aromatic nitrogens is 1. The van der Waals surface area contributed by atoms with Gasteiger partial charge in [-0.2, -0.15) is 0 Å². The fraction of sp³-hybridized carbons (Fsp3) is 0.154. The molecule has 0 bridgehead atoms. The van der Waals surface area contributed by atoms with E-state index in [1.165, 1.54) is 22.1 Å². The molecule has 0 fully saturated rings. The Bertz CT molecular complexity index is 1260. The Morgan fingerprint density at radius 2 is 1.50 bits per heavy atom. The summed E-state index contributed by atoms with van der Waals surface area (Å²) in [5.74, 6) is 0. The summed E-state index contributed by atoms with van der Waals surface area (Å²) in [5, 5.41) is 1.20. The molecule has 1 aliphatic rings. The van der Waals surface area contributed by atoms with E-state index in [9.17, 15) is 0 Å². The number of hydrogen-bond donors (Lipinski definition) is 0. The summed E-state index contributed by atoms with van der Waals surface area (Å²) in [5.41, 5.74) is 8.17. The highest BCUT2D eigenvalue weighted by atomic mass is 79.9. The Morgan fingerprint density at radius 1 is 0.833 bits per heavy atom. The van der Waals surface area contributed by atoms with Crippen LogP contribution < -0.4 is 0 Å². The van der Waals surface area contributed by atoms with Crippen LogP contribution in [0.4, 0.5) is 0 Å². The normalized spacial score (nSPS) is 15.3. The molecule has 2 heterocycles. The van der Waals surface area contributed by atoms with Crippen LogP contribution in [0, 0.1) is 6.92 Å². The van der Waals surface area contributed by atoms with E-state index in [2.05, 4.69) is 112 Å².